The van der Waals surface area contributed by atoms with E-state index in [1.165, 1.54) is 11.8 Å². The number of aryl methyl sites for hydroxylation is 2. The normalized spacial score (nSPS) is 10.8. The largest absolute Gasteiger partial charge is 0.486 e. The van der Waals surface area contributed by atoms with Crippen LogP contribution in [0.3, 0.4) is 0 Å². The van der Waals surface area contributed by atoms with Crippen molar-refractivity contribution in [3.63, 3.8) is 0 Å². The van der Waals surface area contributed by atoms with E-state index in [4.69, 9.17) is 39.5 Å². The van der Waals surface area contributed by atoms with E-state index in [9.17, 15) is 4.79 Å². The van der Waals surface area contributed by atoms with Crippen molar-refractivity contribution >= 4 is 58.2 Å². The third-order valence-corrected chi connectivity index (χ3v) is 6.82. The van der Waals surface area contributed by atoms with Crippen LogP contribution in [-0.2, 0) is 17.9 Å². The molecule has 0 aliphatic heterocycles. The van der Waals surface area contributed by atoms with Gasteiger partial charge < -0.3 is 10.1 Å². The summed E-state index contributed by atoms with van der Waals surface area (Å²) in [5.41, 5.74) is 2.34. The lowest BCUT2D eigenvalue weighted by Crippen LogP contribution is -2.15. The number of hydrogen-bond donors (Lipinski definition) is 1. The van der Waals surface area contributed by atoms with Crippen molar-refractivity contribution in [2.75, 3.05) is 11.1 Å². The molecule has 0 unspecified atom stereocenters. The molecule has 1 amide bonds. The number of carbonyl (C=O) groups is 1. The zero-order valence-corrected chi connectivity index (χ0v) is 20.6. The number of aromatic nitrogens is 3. The first kappa shape index (κ1) is 24.5. The molecule has 3 aromatic rings. The zero-order valence-electron chi connectivity index (χ0n) is 17.5. The Balaban J connectivity index is 1.66. The second kappa shape index (κ2) is 11.1. The summed E-state index contributed by atoms with van der Waals surface area (Å²) in [6.07, 6.45) is 1.74. The molecular weight excluding hydrogens is 491 g/mol. The monoisotopic (exact) mass is 510 g/mol. The predicted molar refractivity (Wildman–Crippen MR) is 131 cm³/mol. The van der Waals surface area contributed by atoms with Crippen molar-refractivity contribution in [2.45, 2.75) is 32.2 Å². The van der Waals surface area contributed by atoms with Crippen LogP contribution in [0.15, 0.2) is 48.1 Å². The number of nitrogens with zero attached hydrogens (tertiary/aromatic N) is 3. The topological polar surface area (TPSA) is 69.0 Å². The fraction of sp³-hybridized carbons (Fsp3) is 0.227. The van der Waals surface area contributed by atoms with Gasteiger partial charge in [0.15, 0.2) is 11.0 Å². The number of thioether (sulfide) groups is 1. The van der Waals surface area contributed by atoms with Gasteiger partial charge >= 0.3 is 0 Å². The molecule has 0 radical (unpaired) electrons. The number of benzene rings is 2. The molecule has 3 rings (SSSR count). The molecule has 0 spiro atoms. The van der Waals surface area contributed by atoms with Crippen molar-refractivity contribution < 1.29 is 9.53 Å². The van der Waals surface area contributed by atoms with Crippen LogP contribution in [0, 0.1) is 13.8 Å². The highest BCUT2D eigenvalue weighted by Crippen LogP contribution is 2.30. The van der Waals surface area contributed by atoms with E-state index in [0.29, 0.717) is 39.0 Å². The summed E-state index contributed by atoms with van der Waals surface area (Å²) in [6, 6.07) is 8.82. The maximum Gasteiger partial charge on any atom is 0.234 e. The van der Waals surface area contributed by atoms with Gasteiger partial charge in [-0.3, -0.25) is 9.36 Å². The minimum atomic E-state index is -0.239. The molecule has 0 fully saturated rings. The minimum Gasteiger partial charge on any atom is -0.486 e. The molecule has 2 aromatic carbocycles. The summed E-state index contributed by atoms with van der Waals surface area (Å²) in [7, 11) is 0. The minimum absolute atomic E-state index is 0.120. The number of amides is 1. The molecular formula is C22H21Cl3N4O2S. The molecule has 0 aliphatic carbocycles. The van der Waals surface area contributed by atoms with Crippen LogP contribution in [0.4, 0.5) is 5.69 Å². The zero-order chi connectivity index (χ0) is 23.3. The summed E-state index contributed by atoms with van der Waals surface area (Å²) in [6.45, 7) is 8.34. The lowest BCUT2D eigenvalue weighted by Gasteiger charge is -2.11. The maximum absolute atomic E-state index is 12.4. The predicted octanol–water partition coefficient (Wildman–Crippen LogP) is 6.35. The Kier molecular flexibility index (Phi) is 8.48. The Bertz CT molecular complexity index is 1130. The van der Waals surface area contributed by atoms with E-state index in [0.717, 1.165) is 16.1 Å². The summed E-state index contributed by atoms with van der Waals surface area (Å²) in [5.74, 6) is 1.20. The molecule has 32 heavy (non-hydrogen) atoms. The fourth-order valence-corrected chi connectivity index (χ4v) is 4.12. The van der Waals surface area contributed by atoms with Gasteiger partial charge in [0, 0.05) is 11.6 Å². The molecule has 168 valence electrons. The number of carbonyl (C=O) groups excluding carboxylic acids is 1. The standard InChI is InChI=1S/C22H21Cl3N4O2S/c1-4-8-29-18(11-31-15-9-13(2)20(24)14(3)10-15)27-28-22(29)32-12-19(30)26-17-7-5-6-16(23)21(17)25/h4-7,9-10H,1,8,11-12H2,2-3H3,(H,26,30). The number of hydrogen-bond acceptors (Lipinski definition) is 5. The lowest BCUT2D eigenvalue weighted by atomic mass is 10.1. The summed E-state index contributed by atoms with van der Waals surface area (Å²) >= 11 is 19.6. The van der Waals surface area contributed by atoms with Gasteiger partial charge in [-0.2, -0.15) is 0 Å². The first-order valence-corrected chi connectivity index (χ1v) is 11.7. The highest BCUT2D eigenvalue weighted by atomic mass is 35.5. The van der Waals surface area contributed by atoms with Gasteiger partial charge in [0.05, 0.1) is 21.5 Å². The van der Waals surface area contributed by atoms with E-state index < -0.39 is 0 Å². The van der Waals surface area contributed by atoms with E-state index in [1.807, 2.05) is 30.5 Å². The lowest BCUT2D eigenvalue weighted by molar-refractivity contribution is -0.113. The Morgan fingerprint density at radius 1 is 1.19 bits per heavy atom. The van der Waals surface area contributed by atoms with Gasteiger partial charge in [0.2, 0.25) is 5.91 Å². The Morgan fingerprint density at radius 3 is 2.59 bits per heavy atom. The van der Waals surface area contributed by atoms with Crippen LogP contribution in [0.1, 0.15) is 17.0 Å². The number of rotatable bonds is 9. The molecule has 1 aromatic heterocycles. The molecule has 0 aliphatic rings. The molecule has 0 atom stereocenters. The van der Waals surface area contributed by atoms with Gasteiger partial charge in [-0.05, 0) is 49.2 Å². The average Bonchev–Trinajstić information content (AvgIpc) is 3.14. The smallest absolute Gasteiger partial charge is 0.234 e. The van der Waals surface area contributed by atoms with Gasteiger partial charge in [-0.15, -0.1) is 16.8 Å². The molecule has 0 saturated heterocycles. The van der Waals surface area contributed by atoms with Crippen LogP contribution in [0.5, 0.6) is 5.75 Å². The Labute approximate surface area is 205 Å². The molecule has 1 N–H and O–H groups in total. The van der Waals surface area contributed by atoms with Crippen LogP contribution >= 0.6 is 46.6 Å². The first-order chi connectivity index (χ1) is 15.3. The van der Waals surface area contributed by atoms with Crippen molar-refractivity contribution in [2.24, 2.45) is 0 Å². The third-order valence-electron chi connectivity index (χ3n) is 4.44. The summed E-state index contributed by atoms with van der Waals surface area (Å²) in [4.78, 5) is 12.4. The van der Waals surface area contributed by atoms with Gasteiger partial charge in [-0.25, -0.2) is 0 Å². The third kappa shape index (κ3) is 5.98. The number of anilines is 1. The van der Waals surface area contributed by atoms with Crippen LogP contribution in [-0.4, -0.2) is 26.4 Å². The van der Waals surface area contributed by atoms with Crippen molar-refractivity contribution in [3.05, 3.63) is 75.0 Å². The van der Waals surface area contributed by atoms with Gasteiger partial charge in [0.1, 0.15) is 12.4 Å². The van der Waals surface area contributed by atoms with E-state index >= 15 is 0 Å². The van der Waals surface area contributed by atoms with Crippen LogP contribution in [0.25, 0.3) is 0 Å². The SMILES string of the molecule is C=CCn1c(COc2cc(C)c(Cl)c(C)c2)nnc1SCC(=O)Nc1cccc(Cl)c1Cl. The van der Waals surface area contributed by atoms with Crippen LogP contribution < -0.4 is 10.1 Å². The highest BCUT2D eigenvalue weighted by Gasteiger charge is 2.15. The average molecular weight is 512 g/mol. The molecule has 0 bridgehead atoms. The van der Waals surface area contributed by atoms with Gasteiger partial charge in [0.25, 0.3) is 0 Å². The van der Waals surface area contributed by atoms with E-state index in [2.05, 4.69) is 22.1 Å². The molecule has 0 saturated carbocycles. The number of ether oxygens (including phenoxy) is 1. The number of nitrogens with one attached hydrogen (secondary N) is 1. The van der Waals surface area contributed by atoms with Crippen LogP contribution in [0.2, 0.25) is 15.1 Å². The first-order valence-electron chi connectivity index (χ1n) is 9.59. The van der Waals surface area contributed by atoms with Gasteiger partial charge in [-0.1, -0.05) is 58.7 Å². The Hall–Kier alpha value is -2.19. The van der Waals surface area contributed by atoms with Crippen molar-refractivity contribution in [1.29, 1.82) is 0 Å². The molecule has 10 heteroatoms. The fourth-order valence-electron chi connectivity index (χ4n) is 2.90. The second-order valence-electron chi connectivity index (χ2n) is 6.90. The van der Waals surface area contributed by atoms with Crippen molar-refractivity contribution in [1.82, 2.24) is 14.8 Å². The summed E-state index contributed by atoms with van der Waals surface area (Å²) in [5, 5.41) is 13.2. The molecule has 1 heterocycles. The molecule has 6 nitrogen and oxygen atoms in total. The Morgan fingerprint density at radius 2 is 1.91 bits per heavy atom. The van der Waals surface area contributed by atoms with Crippen molar-refractivity contribution in [3.8, 4) is 5.75 Å². The van der Waals surface area contributed by atoms with E-state index in [-0.39, 0.29) is 18.3 Å². The number of allylic oxidation sites excluding steroid dienone is 1. The summed E-state index contributed by atoms with van der Waals surface area (Å²) < 4.78 is 7.76. The maximum atomic E-state index is 12.4. The quantitative estimate of drug-likeness (QED) is 0.268. The van der Waals surface area contributed by atoms with E-state index in [1.54, 1.807) is 24.3 Å². The highest BCUT2D eigenvalue weighted by molar-refractivity contribution is 7.99. The second-order valence-corrected chi connectivity index (χ2v) is 9.00. The number of halogens is 3.